The van der Waals surface area contributed by atoms with Gasteiger partial charge in [0.05, 0.1) is 6.54 Å². The molecule has 0 bridgehead atoms. The van der Waals surface area contributed by atoms with Crippen molar-refractivity contribution in [3.8, 4) is 0 Å². The molecule has 1 aromatic rings. The molecule has 4 heteroatoms. The number of hydrogen-bond acceptors (Lipinski definition) is 3. The molecule has 1 atom stereocenters. The van der Waals surface area contributed by atoms with E-state index in [9.17, 15) is 4.79 Å². The molecule has 0 aliphatic carbocycles. The van der Waals surface area contributed by atoms with Crippen molar-refractivity contribution in [2.75, 3.05) is 32.7 Å². The van der Waals surface area contributed by atoms with Crippen LogP contribution in [0.25, 0.3) is 0 Å². The number of carbonyl (C=O) groups excluding carboxylic acids is 1. The second-order valence-electron chi connectivity index (χ2n) is 5.85. The Kier molecular flexibility index (Phi) is 4.54. The fourth-order valence-corrected chi connectivity index (χ4v) is 3.78. The average molecular weight is 337 g/mol. The van der Waals surface area contributed by atoms with Crippen LogP contribution < -0.4 is 0 Å². The number of hydrogen-bond donors (Lipinski definition) is 0. The van der Waals surface area contributed by atoms with E-state index in [4.69, 9.17) is 0 Å². The fraction of sp³-hybridized carbons (Fsp3) is 0.562. The lowest BCUT2D eigenvalue weighted by atomic mass is 10.1. The third kappa shape index (κ3) is 3.30. The fourth-order valence-electron chi connectivity index (χ4n) is 3.38. The Morgan fingerprint density at radius 2 is 2.10 bits per heavy atom. The van der Waals surface area contributed by atoms with Crippen LogP contribution in [0.1, 0.15) is 29.6 Å². The number of benzene rings is 1. The molecule has 2 fully saturated rings. The Bertz CT molecular complexity index is 491. The van der Waals surface area contributed by atoms with Crippen molar-refractivity contribution in [2.24, 2.45) is 0 Å². The minimum Gasteiger partial charge on any atom is -0.299 e. The zero-order valence-electron chi connectivity index (χ0n) is 11.7. The van der Waals surface area contributed by atoms with Crippen LogP contribution in [-0.2, 0) is 0 Å². The van der Waals surface area contributed by atoms with E-state index in [-0.39, 0.29) is 5.78 Å². The van der Waals surface area contributed by atoms with Crippen molar-refractivity contribution in [2.45, 2.75) is 25.3 Å². The smallest absolute Gasteiger partial charge is 0.176 e. The summed E-state index contributed by atoms with van der Waals surface area (Å²) >= 11 is 3.43. The van der Waals surface area contributed by atoms with Gasteiger partial charge in [-0.2, -0.15) is 0 Å². The maximum absolute atomic E-state index is 12.4. The summed E-state index contributed by atoms with van der Waals surface area (Å²) in [6.07, 6.45) is 3.79. The second-order valence-corrected chi connectivity index (χ2v) is 6.77. The first-order chi connectivity index (χ1) is 9.72. The first kappa shape index (κ1) is 14.2. The number of Topliss-reactive ketones (excluding diaryl/α,β-unsaturated/α-hetero) is 1. The third-order valence-electron chi connectivity index (χ3n) is 4.40. The molecule has 1 aromatic carbocycles. The van der Waals surface area contributed by atoms with E-state index in [1.165, 1.54) is 32.4 Å². The van der Waals surface area contributed by atoms with Crippen molar-refractivity contribution in [1.29, 1.82) is 0 Å². The van der Waals surface area contributed by atoms with E-state index < -0.39 is 0 Å². The van der Waals surface area contributed by atoms with Gasteiger partial charge in [0.1, 0.15) is 0 Å². The van der Waals surface area contributed by atoms with Crippen LogP contribution in [0.2, 0.25) is 0 Å². The van der Waals surface area contributed by atoms with Gasteiger partial charge in [0, 0.05) is 22.6 Å². The predicted molar refractivity (Wildman–Crippen MR) is 84.1 cm³/mol. The molecule has 0 saturated carbocycles. The quantitative estimate of drug-likeness (QED) is 0.793. The summed E-state index contributed by atoms with van der Waals surface area (Å²) in [5, 5.41) is 0. The van der Waals surface area contributed by atoms with Gasteiger partial charge >= 0.3 is 0 Å². The lowest BCUT2D eigenvalue weighted by molar-refractivity contribution is 0.0925. The molecule has 0 N–H and O–H groups in total. The molecular weight excluding hydrogens is 316 g/mol. The molecule has 0 radical (unpaired) electrons. The summed E-state index contributed by atoms with van der Waals surface area (Å²) in [5.41, 5.74) is 0.812. The average Bonchev–Trinajstić information content (AvgIpc) is 2.78. The van der Waals surface area contributed by atoms with Gasteiger partial charge in [0.25, 0.3) is 0 Å². The van der Waals surface area contributed by atoms with Crippen LogP contribution in [0.5, 0.6) is 0 Å². The minimum absolute atomic E-state index is 0.234. The Hall–Kier alpha value is -0.710. The standard InChI is InChI=1S/C16H21BrN2O/c17-14-5-1-4-13(10-14)16(20)12-18-7-3-9-19-8-2-6-15(19)11-18/h1,4-5,10,15H,2-3,6-9,11-12H2. The molecule has 2 heterocycles. The van der Waals surface area contributed by atoms with Gasteiger partial charge in [-0.1, -0.05) is 28.1 Å². The van der Waals surface area contributed by atoms with Crippen LogP contribution >= 0.6 is 15.9 Å². The lowest BCUT2D eigenvalue weighted by Gasteiger charge is -2.25. The van der Waals surface area contributed by atoms with Crippen LogP contribution in [0.15, 0.2) is 28.7 Å². The first-order valence-corrected chi connectivity index (χ1v) is 8.27. The van der Waals surface area contributed by atoms with E-state index in [0.29, 0.717) is 12.6 Å². The van der Waals surface area contributed by atoms with Crippen LogP contribution in [0, 0.1) is 0 Å². The highest BCUT2D eigenvalue weighted by molar-refractivity contribution is 9.10. The summed E-state index contributed by atoms with van der Waals surface area (Å²) < 4.78 is 0.973. The number of rotatable bonds is 3. The Morgan fingerprint density at radius 3 is 2.95 bits per heavy atom. The zero-order chi connectivity index (χ0) is 13.9. The SMILES string of the molecule is O=C(CN1CCCN2CCCC2C1)c1cccc(Br)c1. The largest absolute Gasteiger partial charge is 0.299 e. The van der Waals surface area contributed by atoms with Crippen molar-refractivity contribution in [3.05, 3.63) is 34.3 Å². The second kappa shape index (κ2) is 6.37. The Balaban J connectivity index is 1.63. The van der Waals surface area contributed by atoms with E-state index in [2.05, 4.69) is 25.7 Å². The minimum atomic E-state index is 0.234. The van der Waals surface area contributed by atoms with E-state index in [1.807, 2.05) is 24.3 Å². The van der Waals surface area contributed by atoms with E-state index in [0.717, 1.165) is 23.1 Å². The highest BCUT2D eigenvalue weighted by atomic mass is 79.9. The Morgan fingerprint density at radius 1 is 1.25 bits per heavy atom. The van der Waals surface area contributed by atoms with Gasteiger partial charge in [-0.3, -0.25) is 14.6 Å². The molecule has 0 aromatic heterocycles. The van der Waals surface area contributed by atoms with Crippen LogP contribution in [0.3, 0.4) is 0 Å². The summed E-state index contributed by atoms with van der Waals surface area (Å²) in [6, 6.07) is 8.39. The van der Waals surface area contributed by atoms with Crippen molar-refractivity contribution < 1.29 is 4.79 Å². The zero-order valence-corrected chi connectivity index (χ0v) is 13.3. The number of halogens is 1. The van der Waals surface area contributed by atoms with Gasteiger partial charge in [0.2, 0.25) is 0 Å². The molecule has 0 amide bonds. The topological polar surface area (TPSA) is 23.6 Å². The molecule has 3 rings (SSSR count). The predicted octanol–water partition coefficient (Wildman–Crippen LogP) is 2.80. The van der Waals surface area contributed by atoms with Gasteiger partial charge in [-0.15, -0.1) is 0 Å². The van der Waals surface area contributed by atoms with Gasteiger partial charge in [-0.05, 0) is 51.0 Å². The van der Waals surface area contributed by atoms with Crippen LogP contribution in [-0.4, -0.2) is 54.3 Å². The molecular formula is C16H21BrN2O. The van der Waals surface area contributed by atoms with Gasteiger partial charge in [0.15, 0.2) is 5.78 Å². The number of fused-ring (bicyclic) bond motifs is 1. The number of ketones is 1. The van der Waals surface area contributed by atoms with Crippen LogP contribution in [0.4, 0.5) is 0 Å². The molecule has 1 unspecified atom stereocenters. The van der Waals surface area contributed by atoms with Gasteiger partial charge in [-0.25, -0.2) is 0 Å². The van der Waals surface area contributed by atoms with E-state index >= 15 is 0 Å². The normalized spacial score (nSPS) is 24.4. The molecule has 108 valence electrons. The number of carbonyl (C=O) groups is 1. The van der Waals surface area contributed by atoms with Crippen molar-refractivity contribution in [1.82, 2.24) is 9.80 Å². The van der Waals surface area contributed by atoms with Gasteiger partial charge < -0.3 is 0 Å². The molecule has 0 spiro atoms. The summed E-state index contributed by atoms with van der Waals surface area (Å²) in [7, 11) is 0. The Labute approximate surface area is 129 Å². The monoisotopic (exact) mass is 336 g/mol. The van der Waals surface area contributed by atoms with Crippen molar-refractivity contribution in [3.63, 3.8) is 0 Å². The molecule has 3 nitrogen and oxygen atoms in total. The number of nitrogens with zero attached hydrogens (tertiary/aromatic N) is 2. The molecule has 20 heavy (non-hydrogen) atoms. The first-order valence-electron chi connectivity index (χ1n) is 7.47. The lowest BCUT2D eigenvalue weighted by Crippen LogP contribution is -2.38. The van der Waals surface area contributed by atoms with Crippen molar-refractivity contribution >= 4 is 21.7 Å². The molecule has 2 saturated heterocycles. The summed E-state index contributed by atoms with van der Waals surface area (Å²) in [6.45, 7) is 5.11. The van der Waals surface area contributed by atoms with E-state index in [1.54, 1.807) is 0 Å². The summed E-state index contributed by atoms with van der Waals surface area (Å²) in [5.74, 6) is 0.234. The summed E-state index contributed by atoms with van der Waals surface area (Å²) in [4.78, 5) is 17.3. The highest BCUT2D eigenvalue weighted by Gasteiger charge is 2.29. The molecule has 2 aliphatic heterocycles. The molecule has 2 aliphatic rings. The maximum Gasteiger partial charge on any atom is 0.176 e. The third-order valence-corrected chi connectivity index (χ3v) is 4.89. The highest BCUT2D eigenvalue weighted by Crippen LogP contribution is 2.21. The maximum atomic E-state index is 12.4.